The van der Waals surface area contributed by atoms with Crippen LogP contribution >= 0.6 is 0 Å². The van der Waals surface area contributed by atoms with E-state index >= 15 is 0 Å². The highest BCUT2D eigenvalue weighted by atomic mass is 16.5. The smallest absolute Gasteiger partial charge is 0.289 e. The van der Waals surface area contributed by atoms with Gasteiger partial charge in [0.15, 0.2) is 23.0 Å². The summed E-state index contributed by atoms with van der Waals surface area (Å²) in [7, 11) is 7.82. The van der Waals surface area contributed by atoms with Crippen molar-refractivity contribution in [3.63, 3.8) is 0 Å². The summed E-state index contributed by atoms with van der Waals surface area (Å²) >= 11 is 0. The zero-order valence-corrected chi connectivity index (χ0v) is 26.0. The van der Waals surface area contributed by atoms with Gasteiger partial charge in [0.1, 0.15) is 11.4 Å². The normalized spacial score (nSPS) is 17.2. The number of ether oxygens (including phenoxy) is 7. The molecule has 0 aromatic heterocycles. The predicted molar refractivity (Wildman–Crippen MR) is 163 cm³/mol. The predicted octanol–water partition coefficient (Wildman–Crippen LogP) is 6.15. The average molecular weight is 606 g/mol. The molecule has 44 heavy (non-hydrogen) atoms. The van der Waals surface area contributed by atoms with Gasteiger partial charge in [-0.05, 0) is 78.9 Å². The molecule has 0 spiro atoms. The van der Waals surface area contributed by atoms with Crippen LogP contribution in [-0.2, 0) is 10.3 Å². The fourth-order valence-corrected chi connectivity index (χ4v) is 5.17. The summed E-state index contributed by atoms with van der Waals surface area (Å²) in [6.07, 6.45) is 1.96. The summed E-state index contributed by atoms with van der Waals surface area (Å²) < 4.78 is 40.1. The molecule has 1 saturated heterocycles. The number of nitrogens with zero attached hydrogens (tertiary/aromatic N) is 1. The standard InChI is InChI=1S/C34H39NO9/c1-7-19-43-28-14-11-25(22-29(28)39-3)34(16-8-18-35(37)33(36)23-9-12-26(38-2)13-10-23)17-15-27(44-34)24-20-30(40-4)32(42-6)31(21-24)41-5/h9-14,20-22,27,37H,7,15-17,19H2,1-6H3. The quantitative estimate of drug-likeness (QED) is 0.113. The molecule has 1 aliphatic heterocycles. The molecule has 4 rings (SSSR count). The fraction of sp³-hybridized carbons (Fsp3) is 0.382. The Kier molecular flexibility index (Phi) is 10.8. The fourth-order valence-electron chi connectivity index (χ4n) is 5.17. The van der Waals surface area contributed by atoms with Crippen molar-refractivity contribution in [3.05, 3.63) is 71.3 Å². The van der Waals surface area contributed by atoms with Crippen LogP contribution in [0.3, 0.4) is 0 Å². The monoisotopic (exact) mass is 605 g/mol. The van der Waals surface area contributed by atoms with Crippen LogP contribution in [0.5, 0.6) is 34.5 Å². The Labute approximate surface area is 258 Å². The van der Waals surface area contributed by atoms with Crippen LogP contribution in [0, 0.1) is 12.0 Å². The summed E-state index contributed by atoms with van der Waals surface area (Å²) in [5.74, 6) is 5.65. The van der Waals surface area contributed by atoms with Gasteiger partial charge in [0.05, 0.1) is 48.3 Å². The first-order valence-corrected chi connectivity index (χ1v) is 14.3. The summed E-state index contributed by atoms with van der Waals surface area (Å²) in [4.78, 5) is 12.8. The number of carbonyl (C=O) groups excluding carboxylic acids is 1. The van der Waals surface area contributed by atoms with Crippen LogP contribution in [-0.4, -0.2) is 58.3 Å². The first-order valence-electron chi connectivity index (χ1n) is 14.3. The van der Waals surface area contributed by atoms with E-state index in [2.05, 4.69) is 12.0 Å². The van der Waals surface area contributed by atoms with Gasteiger partial charge in [-0.15, -0.1) is 5.06 Å². The zero-order valence-electron chi connectivity index (χ0n) is 26.0. The Morgan fingerprint density at radius 2 is 1.59 bits per heavy atom. The van der Waals surface area contributed by atoms with Crippen LogP contribution < -0.4 is 28.4 Å². The lowest BCUT2D eigenvalue weighted by atomic mass is 9.87. The van der Waals surface area contributed by atoms with Gasteiger partial charge in [-0.2, -0.15) is 0 Å². The van der Waals surface area contributed by atoms with E-state index in [4.69, 9.17) is 33.2 Å². The van der Waals surface area contributed by atoms with Crippen molar-refractivity contribution in [2.75, 3.05) is 42.2 Å². The van der Waals surface area contributed by atoms with Crippen LogP contribution in [0.15, 0.2) is 54.6 Å². The molecule has 234 valence electrons. The first kappa shape index (κ1) is 32.3. The molecule has 1 N–H and O–H groups in total. The van der Waals surface area contributed by atoms with E-state index in [1.165, 1.54) is 7.11 Å². The minimum atomic E-state index is -0.890. The Hall–Kier alpha value is -4.59. The second-order valence-corrected chi connectivity index (χ2v) is 10.1. The van der Waals surface area contributed by atoms with E-state index in [0.29, 0.717) is 59.0 Å². The Morgan fingerprint density at radius 3 is 2.18 bits per heavy atom. The van der Waals surface area contributed by atoms with E-state index in [1.54, 1.807) is 52.7 Å². The maximum Gasteiger partial charge on any atom is 0.289 e. The van der Waals surface area contributed by atoms with Gasteiger partial charge in [-0.1, -0.05) is 18.9 Å². The van der Waals surface area contributed by atoms with Gasteiger partial charge < -0.3 is 33.2 Å². The lowest BCUT2D eigenvalue weighted by molar-refractivity contribution is -0.0445. The van der Waals surface area contributed by atoms with E-state index in [1.807, 2.05) is 37.3 Å². The molecule has 1 heterocycles. The minimum absolute atomic E-state index is 0.180. The third-order valence-electron chi connectivity index (χ3n) is 7.48. The molecule has 3 aromatic carbocycles. The molecule has 0 bridgehead atoms. The van der Waals surface area contributed by atoms with Gasteiger partial charge >= 0.3 is 0 Å². The number of methoxy groups -OCH3 is 5. The molecule has 1 aliphatic rings. The summed E-state index contributed by atoms with van der Waals surface area (Å²) in [6.45, 7) is 2.59. The van der Waals surface area contributed by atoms with Crippen LogP contribution in [0.25, 0.3) is 0 Å². The van der Waals surface area contributed by atoms with Crippen molar-refractivity contribution in [1.82, 2.24) is 5.06 Å². The SMILES string of the molecule is CCCOc1ccc(C2(CC#CN(O)C(=O)c3ccc(OC)cc3)CCC(c3cc(OC)c(OC)c(OC)c3)O2)cc1OC. The van der Waals surface area contributed by atoms with Crippen molar-refractivity contribution < 1.29 is 43.2 Å². The van der Waals surface area contributed by atoms with Gasteiger partial charge in [0.25, 0.3) is 5.91 Å². The van der Waals surface area contributed by atoms with E-state index in [-0.39, 0.29) is 18.1 Å². The number of benzene rings is 3. The lowest BCUT2D eigenvalue weighted by Gasteiger charge is -2.29. The summed E-state index contributed by atoms with van der Waals surface area (Å²) in [5.41, 5.74) is 1.05. The molecule has 10 nitrogen and oxygen atoms in total. The maximum atomic E-state index is 12.8. The third kappa shape index (κ3) is 6.96. The highest BCUT2D eigenvalue weighted by molar-refractivity contribution is 5.94. The Bertz CT molecular complexity index is 1470. The zero-order chi connectivity index (χ0) is 31.7. The van der Waals surface area contributed by atoms with E-state index in [0.717, 1.165) is 17.5 Å². The summed E-state index contributed by atoms with van der Waals surface area (Å²) in [6, 6.07) is 18.4. The number of hydroxylamine groups is 2. The number of carbonyl (C=O) groups is 1. The van der Waals surface area contributed by atoms with Crippen molar-refractivity contribution in [2.24, 2.45) is 0 Å². The van der Waals surface area contributed by atoms with Crippen LogP contribution in [0.1, 0.15) is 60.2 Å². The molecule has 0 radical (unpaired) electrons. The topological polar surface area (TPSA) is 105 Å². The minimum Gasteiger partial charge on any atom is -0.497 e. The van der Waals surface area contributed by atoms with E-state index in [9.17, 15) is 10.0 Å². The van der Waals surface area contributed by atoms with Gasteiger partial charge in [-0.25, -0.2) is 0 Å². The first-order chi connectivity index (χ1) is 21.3. The molecular formula is C34H39NO9. The molecule has 1 amide bonds. The molecule has 3 aromatic rings. The molecular weight excluding hydrogens is 566 g/mol. The van der Waals surface area contributed by atoms with Gasteiger partial charge in [0.2, 0.25) is 5.75 Å². The molecule has 0 aliphatic carbocycles. The van der Waals surface area contributed by atoms with Crippen LogP contribution in [0.2, 0.25) is 0 Å². The number of rotatable bonds is 12. The second kappa shape index (κ2) is 14.7. The highest BCUT2D eigenvalue weighted by Crippen LogP contribution is 2.51. The largest absolute Gasteiger partial charge is 0.497 e. The number of hydrogen-bond acceptors (Lipinski definition) is 9. The number of hydrogen-bond donors (Lipinski definition) is 1. The van der Waals surface area contributed by atoms with Crippen molar-refractivity contribution in [1.29, 1.82) is 0 Å². The lowest BCUT2D eigenvalue weighted by Crippen LogP contribution is -2.26. The van der Waals surface area contributed by atoms with Crippen LogP contribution in [0.4, 0.5) is 0 Å². The second-order valence-electron chi connectivity index (χ2n) is 10.1. The Balaban J connectivity index is 1.67. The van der Waals surface area contributed by atoms with Crippen molar-refractivity contribution in [3.8, 4) is 46.5 Å². The average Bonchev–Trinajstić information content (AvgIpc) is 3.51. The number of amides is 1. The van der Waals surface area contributed by atoms with Crippen molar-refractivity contribution >= 4 is 5.91 Å². The molecule has 2 unspecified atom stereocenters. The van der Waals surface area contributed by atoms with Gasteiger partial charge in [0, 0.05) is 18.0 Å². The van der Waals surface area contributed by atoms with E-state index < -0.39 is 11.5 Å². The maximum absolute atomic E-state index is 12.8. The van der Waals surface area contributed by atoms with Gasteiger partial charge in [-0.3, -0.25) is 10.0 Å². The third-order valence-corrected chi connectivity index (χ3v) is 7.48. The highest BCUT2D eigenvalue weighted by Gasteiger charge is 2.43. The van der Waals surface area contributed by atoms with Crippen molar-refractivity contribution in [2.45, 2.75) is 44.3 Å². The molecule has 1 fully saturated rings. The molecule has 2 atom stereocenters. The molecule has 10 heteroatoms. The molecule has 0 saturated carbocycles. The Morgan fingerprint density at radius 1 is 0.909 bits per heavy atom. The summed E-state index contributed by atoms with van der Waals surface area (Å²) in [5, 5.41) is 10.9.